The Hall–Kier alpha value is -2.99. The number of carbonyl (C=O) groups is 1. The minimum atomic E-state index is -4.37. The van der Waals surface area contributed by atoms with Crippen LogP contribution in [-0.4, -0.2) is 80.9 Å². The Bertz CT molecular complexity index is 1150. The summed E-state index contributed by atoms with van der Waals surface area (Å²) in [6, 6.07) is 5.35. The molecule has 0 spiro atoms. The molecule has 2 N–H and O–H groups in total. The summed E-state index contributed by atoms with van der Waals surface area (Å²) in [4.78, 5) is 41.9. The van der Waals surface area contributed by atoms with Gasteiger partial charge in [-0.1, -0.05) is 6.07 Å². The lowest BCUT2D eigenvalue weighted by Gasteiger charge is -2.36. The van der Waals surface area contributed by atoms with Crippen LogP contribution in [0, 0.1) is 0 Å². The molecule has 2 aliphatic heterocycles. The second-order valence-electron chi connectivity index (χ2n) is 9.32. The topological polar surface area (TPSA) is 94.2 Å². The van der Waals surface area contributed by atoms with Crippen LogP contribution in [0.1, 0.15) is 25.3 Å². The number of likely N-dealkylation sites (tertiary alicyclic amines) is 1. The van der Waals surface area contributed by atoms with Gasteiger partial charge in [0.05, 0.1) is 12.2 Å². The second kappa shape index (κ2) is 12.7. The number of alkyl halides is 3. The Morgan fingerprint density at radius 1 is 1.03 bits per heavy atom. The van der Waals surface area contributed by atoms with E-state index in [4.69, 9.17) is 4.74 Å². The zero-order chi connectivity index (χ0) is 26.6. The smallest absolute Gasteiger partial charge is 0.416 e. The highest BCUT2D eigenvalue weighted by molar-refractivity contribution is 5.85. The van der Waals surface area contributed by atoms with E-state index in [1.165, 1.54) is 12.1 Å². The Morgan fingerprint density at radius 2 is 1.68 bits per heavy atom. The molecule has 4 rings (SSSR count). The molecule has 13 heteroatoms. The summed E-state index contributed by atoms with van der Waals surface area (Å²) in [5.41, 5.74) is -0.584. The largest absolute Gasteiger partial charge is 0.450 e. The van der Waals surface area contributed by atoms with Crippen molar-refractivity contribution >= 4 is 35.6 Å². The number of ether oxygens (including phenoxy) is 1. The molecule has 0 saturated carbocycles. The molecule has 0 aromatic heterocycles. The van der Waals surface area contributed by atoms with E-state index in [0.29, 0.717) is 88.9 Å². The molecule has 210 valence electrons. The van der Waals surface area contributed by atoms with E-state index in [2.05, 4.69) is 15.5 Å². The van der Waals surface area contributed by atoms with Crippen molar-refractivity contribution in [3.8, 4) is 0 Å². The fraction of sp³-hybridized carbons (Fsp3) is 0.560. The van der Waals surface area contributed by atoms with Crippen LogP contribution in [0.25, 0.3) is 0 Å². The van der Waals surface area contributed by atoms with Crippen LogP contribution < -0.4 is 26.4 Å². The normalized spacial score (nSPS) is 17.3. The Balaban J connectivity index is 0.00000400. The van der Waals surface area contributed by atoms with Crippen LogP contribution in [0.2, 0.25) is 0 Å². The van der Waals surface area contributed by atoms with E-state index in [1.807, 2.05) is 4.90 Å². The first kappa shape index (κ1) is 29.6. The van der Waals surface area contributed by atoms with E-state index in [-0.39, 0.29) is 24.5 Å². The van der Waals surface area contributed by atoms with Gasteiger partial charge in [-0.05, 0) is 38.0 Å². The Kier molecular flexibility index (Phi) is 9.88. The molecule has 2 aromatic carbocycles. The minimum absolute atomic E-state index is 0. The summed E-state index contributed by atoms with van der Waals surface area (Å²) in [6.45, 7) is 6.74. The van der Waals surface area contributed by atoms with Crippen molar-refractivity contribution in [1.29, 1.82) is 0 Å². The molecular weight excluding hydrogens is 527 g/mol. The number of anilines is 3. The van der Waals surface area contributed by atoms with Gasteiger partial charge in [0.2, 0.25) is 0 Å². The van der Waals surface area contributed by atoms with Gasteiger partial charge >= 0.3 is 12.3 Å². The number of nitrogens with one attached hydrogen (secondary N) is 2. The van der Waals surface area contributed by atoms with Gasteiger partial charge in [-0.25, -0.2) is 4.79 Å². The van der Waals surface area contributed by atoms with Gasteiger partial charge in [0.25, 0.3) is 10.9 Å². The zero-order valence-corrected chi connectivity index (χ0v) is 22.0. The first-order chi connectivity index (χ1) is 17.7. The van der Waals surface area contributed by atoms with Crippen LogP contribution in [-0.2, 0) is 10.9 Å². The number of hydrogen-bond donors (Lipinski definition) is 2. The first-order valence-corrected chi connectivity index (χ1v) is 12.6. The molecule has 9 nitrogen and oxygen atoms in total. The molecule has 2 saturated heterocycles. The van der Waals surface area contributed by atoms with E-state index in [1.54, 1.807) is 17.9 Å². The molecule has 0 radical (unpaired) electrons. The third kappa shape index (κ3) is 6.90. The average molecular weight is 560 g/mol. The summed E-state index contributed by atoms with van der Waals surface area (Å²) in [5.74, 6) is 0. The van der Waals surface area contributed by atoms with Gasteiger partial charge in [0.1, 0.15) is 11.4 Å². The maximum Gasteiger partial charge on any atom is 0.416 e. The van der Waals surface area contributed by atoms with Crippen LogP contribution in [0.3, 0.4) is 0 Å². The van der Waals surface area contributed by atoms with Gasteiger partial charge in [-0.3, -0.25) is 14.5 Å². The van der Waals surface area contributed by atoms with Crippen molar-refractivity contribution < 1.29 is 22.7 Å². The highest BCUT2D eigenvalue weighted by Crippen LogP contribution is 2.32. The summed E-state index contributed by atoms with van der Waals surface area (Å²) in [7, 11) is 0. The van der Waals surface area contributed by atoms with Crippen LogP contribution >= 0.6 is 12.4 Å². The molecule has 0 bridgehead atoms. The predicted octanol–water partition coefficient (Wildman–Crippen LogP) is 2.99. The number of benzene rings is 1. The highest BCUT2D eigenvalue weighted by atomic mass is 35.5. The maximum atomic E-state index is 13.0. The molecule has 2 fully saturated rings. The number of carbonyl (C=O) groups excluding carboxylic acids is 1. The van der Waals surface area contributed by atoms with Gasteiger partial charge in [0, 0.05) is 64.1 Å². The molecule has 2 aliphatic rings. The molecule has 0 atom stereocenters. The first-order valence-electron chi connectivity index (χ1n) is 12.6. The van der Waals surface area contributed by atoms with Gasteiger partial charge in [0.15, 0.2) is 0 Å². The number of piperidine rings is 1. The lowest BCUT2D eigenvalue weighted by molar-refractivity contribution is -0.137. The molecule has 2 heterocycles. The molecule has 2 aromatic rings. The van der Waals surface area contributed by atoms with Crippen LogP contribution in [0.5, 0.6) is 0 Å². The van der Waals surface area contributed by atoms with Crippen molar-refractivity contribution in [2.45, 2.75) is 32.0 Å². The summed E-state index contributed by atoms with van der Waals surface area (Å²) < 4.78 is 44.1. The molecule has 1 amide bonds. The molecule has 0 aliphatic carbocycles. The van der Waals surface area contributed by atoms with Crippen LogP contribution in [0.4, 0.5) is 35.0 Å². The lowest BCUT2D eigenvalue weighted by Crippen LogP contribution is -2.48. The van der Waals surface area contributed by atoms with Crippen molar-refractivity contribution in [2.75, 3.05) is 74.5 Å². The monoisotopic (exact) mass is 559 g/mol. The third-order valence-electron chi connectivity index (χ3n) is 6.92. The van der Waals surface area contributed by atoms with Gasteiger partial charge in [-0.15, -0.1) is 12.4 Å². The second-order valence-corrected chi connectivity index (χ2v) is 9.32. The molecule has 0 unspecified atom stereocenters. The Morgan fingerprint density at radius 3 is 2.32 bits per heavy atom. The van der Waals surface area contributed by atoms with Gasteiger partial charge in [-0.2, -0.15) is 13.2 Å². The van der Waals surface area contributed by atoms with Crippen molar-refractivity contribution in [3.63, 3.8) is 0 Å². The fourth-order valence-corrected chi connectivity index (χ4v) is 4.77. The predicted molar refractivity (Wildman–Crippen MR) is 142 cm³/mol. The van der Waals surface area contributed by atoms with Crippen molar-refractivity contribution in [3.05, 3.63) is 50.3 Å². The van der Waals surface area contributed by atoms with E-state index >= 15 is 0 Å². The number of hydrogen-bond acceptors (Lipinski definition) is 8. The Labute approximate surface area is 225 Å². The van der Waals surface area contributed by atoms with Gasteiger partial charge < -0.3 is 25.2 Å². The highest BCUT2D eigenvalue weighted by Gasteiger charge is 2.31. The standard InChI is InChI=1S/C25H32F3N5O4.ClH/c1-2-37-24(36)33-9-6-18(7-10-33)30-21-20(22(34)23(21)35)29-8-11-31-12-14-32(15-13-31)19-5-3-4-17(16-19)25(26,27)28;/h3-5,16,18,29-30H,2,6-15H2,1H3;1H. The van der Waals surface area contributed by atoms with Crippen molar-refractivity contribution in [2.24, 2.45) is 0 Å². The lowest BCUT2D eigenvalue weighted by atomic mass is 10.0. The van der Waals surface area contributed by atoms with E-state index < -0.39 is 22.6 Å². The molecule has 38 heavy (non-hydrogen) atoms. The molecular formula is C25H33ClF3N5O4. The minimum Gasteiger partial charge on any atom is -0.450 e. The summed E-state index contributed by atoms with van der Waals surface area (Å²) in [6.07, 6.45) is -3.42. The quantitative estimate of drug-likeness (QED) is 0.477. The number of halogens is 4. The number of nitrogens with zero attached hydrogens (tertiary/aromatic N) is 3. The number of rotatable bonds is 8. The zero-order valence-electron chi connectivity index (χ0n) is 21.2. The summed E-state index contributed by atoms with van der Waals surface area (Å²) in [5, 5.41) is 6.25. The fourth-order valence-electron chi connectivity index (χ4n) is 4.77. The summed E-state index contributed by atoms with van der Waals surface area (Å²) >= 11 is 0. The average Bonchev–Trinajstić information content (AvgIpc) is 2.90. The third-order valence-corrected chi connectivity index (χ3v) is 6.92. The van der Waals surface area contributed by atoms with Crippen molar-refractivity contribution in [1.82, 2.24) is 9.80 Å². The van der Waals surface area contributed by atoms with E-state index in [0.717, 1.165) is 6.07 Å². The SMILES string of the molecule is CCOC(=O)N1CCC(Nc2c(NCCN3CCN(c4cccc(C(F)(F)F)c4)CC3)c(=O)c2=O)CC1.Cl. The maximum absolute atomic E-state index is 13.0. The number of amides is 1. The van der Waals surface area contributed by atoms with Crippen LogP contribution in [0.15, 0.2) is 33.9 Å². The van der Waals surface area contributed by atoms with E-state index in [9.17, 15) is 27.6 Å². The number of piperazine rings is 1.